The number of nitrogens with zero attached hydrogens (tertiary/aromatic N) is 1. The zero-order valence-corrected chi connectivity index (χ0v) is 15.6. The molecule has 148 valence electrons. The van der Waals surface area contributed by atoms with Crippen LogP contribution in [0.2, 0.25) is 0 Å². The number of nitrogens with one attached hydrogen (secondary N) is 2. The maximum Gasteiger partial charge on any atom is 0.328 e. The van der Waals surface area contributed by atoms with Gasteiger partial charge in [0.1, 0.15) is 12.1 Å². The lowest BCUT2D eigenvalue weighted by Crippen LogP contribution is -2.52. The number of nitrogens with two attached hydrogens (primary N) is 2. The van der Waals surface area contributed by atoms with Crippen LogP contribution in [0.3, 0.4) is 0 Å². The van der Waals surface area contributed by atoms with Crippen LogP contribution in [-0.4, -0.2) is 49.5 Å². The molecule has 0 aromatic heterocycles. The van der Waals surface area contributed by atoms with Crippen molar-refractivity contribution in [2.24, 2.45) is 16.5 Å². The van der Waals surface area contributed by atoms with E-state index < -0.39 is 24.0 Å². The SMILES string of the molecule is COC(=O)[C@H](CCCN=C(N)N)NC(=O)[C@H](Cc1ccccc1)NC(C)=O. The molecule has 2 amide bonds. The summed E-state index contributed by atoms with van der Waals surface area (Å²) in [5, 5.41) is 5.26. The van der Waals surface area contributed by atoms with E-state index in [9.17, 15) is 14.4 Å². The van der Waals surface area contributed by atoms with Gasteiger partial charge in [-0.05, 0) is 18.4 Å². The predicted octanol–water partition coefficient (Wildman–Crippen LogP) is -0.555. The highest BCUT2D eigenvalue weighted by Gasteiger charge is 2.26. The third-order valence-electron chi connectivity index (χ3n) is 3.72. The molecule has 9 heteroatoms. The molecule has 1 aromatic rings. The minimum Gasteiger partial charge on any atom is -0.467 e. The van der Waals surface area contributed by atoms with Gasteiger partial charge in [0.15, 0.2) is 5.96 Å². The largest absolute Gasteiger partial charge is 0.467 e. The normalized spacial score (nSPS) is 12.4. The lowest BCUT2D eigenvalue weighted by Gasteiger charge is -2.22. The highest BCUT2D eigenvalue weighted by Crippen LogP contribution is 2.06. The van der Waals surface area contributed by atoms with Crippen LogP contribution in [0.1, 0.15) is 25.3 Å². The summed E-state index contributed by atoms with van der Waals surface area (Å²) in [6.07, 6.45) is 1.07. The first-order chi connectivity index (χ1) is 12.8. The Balaban J connectivity index is 2.78. The average molecular weight is 377 g/mol. The molecular weight excluding hydrogens is 350 g/mol. The van der Waals surface area contributed by atoms with E-state index in [0.29, 0.717) is 25.8 Å². The summed E-state index contributed by atoms with van der Waals surface area (Å²) in [6.45, 7) is 1.66. The maximum absolute atomic E-state index is 12.7. The van der Waals surface area contributed by atoms with Crippen LogP contribution in [0.4, 0.5) is 0 Å². The first-order valence-electron chi connectivity index (χ1n) is 8.58. The zero-order valence-electron chi connectivity index (χ0n) is 15.6. The molecular formula is C18H27N5O4. The number of amides is 2. The van der Waals surface area contributed by atoms with Crippen molar-refractivity contribution in [2.45, 2.75) is 38.3 Å². The van der Waals surface area contributed by atoms with Gasteiger partial charge in [0.05, 0.1) is 7.11 Å². The quantitative estimate of drug-likeness (QED) is 0.186. The van der Waals surface area contributed by atoms with Crippen LogP contribution in [0.25, 0.3) is 0 Å². The monoisotopic (exact) mass is 377 g/mol. The number of carbonyl (C=O) groups is 3. The zero-order chi connectivity index (χ0) is 20.2. The highest BCUT2D eigenvalue weighted by atomic mass is 16.5. The number of methoxy groups -OCH3 is 1. The van der Waals surface area contributed by atoms with Gasteiger partial charge in [-0.15, -0.1) is 0 Å². The van der Waals surface area contributed by atoms with Crippen molar-refractivity contribution in [1.29, 1.82) is 0 Å². The van der Waals surface area contributed by atoms with Crippen LogP contribution in [0.15, 0.2) is 35.3 Å². The molecule has 0 aliphatic rings. The van der Waals surface area contributed by atoms with Crippen LogP contribution < -0.4 is 22.1 Å². The summed E-state index contributed by atoms with van der Waals surface area (Å²) < 4.78 is 4.74. The number of hydrogen-bond acceptors (Lipinski definition) is 5. The fourth-order valence-corrected chi connectivity index (χ4v) is 2.47. The molecule has 1 rings (SSSR count). The van der Waals surface area contributed by atoms with E-state index in [-0.39, 0.29) is 11.9 Å². The summed E-state index contributed by atoms with van der Waals surface area (Å²) in [4.78, 5) is 39.9. The second kappa shape index (κ2) is 11.5. The van der Waals surface area contributed by atoms with Gasteiger partial charge in [-0.1, -0.05) is 30.3 Å². The number of aliphatic imine (C=N–C) groups is 1. The number of carbonyl (C=O) groups excluding carboxylic acids is 3. The van der Waals surface area contributed by atoms with Crippen molar-refractivity contribution in [3.63, 3.8) is 0 Å². The smallest absolute Gasteiger partial charge is 0.328 e. The highest BCUT2D eigenvalue weighted by molar-refractivity contribution is 5.90. The van der Waals surface area contributed by atoms with Gasteiger partial charge in [0, 0.05) is 19.9 Å². The molecule has 0 unspecified atom stereocenters. The standard InChI is InChI=1S/C18H27N5O4/c1-12(24)22-15(11-13-7-4-3-5-8-13)16(25)23-14(17(26)27-2)9-6-10-21-18(19)20/h3-5,7-8,14-15H,6,9-11H2,1-2H3,(H,22,24)(H,23,25)(H4,19,20,21)/t14-,15-/m0/s1. The Labute approximate surface area is 158 Å². The number of guanidine groups is 1. The molecule has 0 aliphatic heterocycles. The van der Waals surface area contributed by atoms with Crippen LogP contribution in [0.5, 0.6) is 0 Å². The molecule has 0 saturated carbocycles. The van der Waals surface area contributed by atoms with Crippen molar-refractivity contribution in [3.05, 3.63) is 35.9 Å². The Morgan fingerprint density at radius 1 is 1.11 bits per heavy atom. The molecule has 27 heavy (non-hydrogen) atoms. The Morgan fingerprint density at radius 3 is 2.33 bits per heavy atom. The molecule has 2 atom stereocenters. The van der Waals surface area contributed by atoms with Gasteiger partial charge in [-0.2, -0.15) is 0 Å². The van der Waals surface area contributed by atoms with Crippen molar-refractivity contribution in [2.75, 3.05) is 13.7 Å². The lowest BCUT2D eigenvalue weighted by atomic mass is 10.0. The van der Waals surface area contributed by atoms with E-state index in [1.807, 2.05) is 30.3 Å². The van der Waals surface area contributed by atoms with Gasteiger partial charge >= 0.3 is 5.97 Å². The summed E-state index contributed by atoms with van der Waals surface area (Å²) in [5.41, 5.74) is 11.4. The van der Waals surface area contributed by atoms with E-state index in [1.54, 1.807) is 0 Å². The number of benzene rings is 1. The Morgan fingerprint density at radius 2 is 1.78 bits per heavy atom. The summed E-state index contributed by atoms with van der Waals surface area (Å²) in [7, 11) is 1.24. The van der Waals surface area contributed by atoms with Gasteiger partial charge in [-0.3, -0.25) is 14.6 Å². The Kier molecular flexibility index (Phi) is 9.35. The molecule has 0 radical (unpaired) electrons. The average Bonchev–Trinajstić information content (AvgIpc) is 2.63. The van der Waals surface area contributed by atoms with Gasteiger partial charge in [0.2, 0.25) is 11.8 Å². The summed E-state index contributed by atoms with van der Waals surface area (Å²) >= 11 is 0. The lowest BCUT2D eigenvalue weighted by molar-refractivity contribution is -0.145. The van der Waals surface area contributed by atoms with Crippen LogP contribution >= 0.6 is 0 Å². The van der Waals surface area contributed by atoms with E-state index in [0.717, 1.165) is 5.56 Å². The molecule has 0 heterocycles. The second-order valence-corrected chi connectivity index (χ2v) is 5.98. The maximum atomic E-state index is 12.7. The number of rotatable bonds is 10. The van der Waals surface area contributed by atoms with E-state index in [2.05, 4.69) is 15.6 Å². The molecule has 0 spiro atoms. The molecule has 1 aromatic carbocycles. The van der Waals surface area contributed by atoms with Gasteiger partial charge < -0.3 is 26.8 Å². The van der Waals surface area contributed by atoms with E-state index in [1.165, 1.54) is 14.0 Å². The molecule has 6 N–H and O–H groups in total. The Bertz CT molecular complexity index is 659. The van der Waals surface area contributed by atoms with Crippen LogP contribution in [0, 0.1) is 0 Å². The number of hydrogen-bond donors (Lipinski definition) is 4. The van der Waals surface area contributed by atoms with Crippen molar-refractivity contribution >= 4 is 23.7 Å². The van der Waals surface area contributed by atoms with Crippen molar-refractivity contribution in [1.82, 2.24) is 10.6 Å². The Hall–Kier alpha value is -3.10. The summed E-state index contributed by atoms with van der Waals surface area (Å²) in [6, 6.07) is 7.60. The fraction of sp³-hybridized carbons (Fsp3) is 0.444. The topological polar surface area (TPSA) is 149 Å². The van der Waals surface area contributed by atoms with E-state index >= 15 is 0 Å². The summed E-state index contributed by atoms with van der Waals surface area (Å²) in [5.74, 6) is -1.42. The first kappa shape index (κ1) is 21.9. The molecule has 0 fully saturated rings. The molecule has 9 nitrogen and oxygen atoms in total. The molecule has 0 aliphatic carbocycles. The van der Waals surface area contributed by atoms with Crippen molar-refractivity contribution < 1.29 is 19.1 Å². The number of ether oxygens (including phenoxy) is 1. The second-order valence-electron chi connectivity index (χ2n) is 5.98. The minimum atomic E-state index is -0.858. The van der Waals surface area contributed by atoms with Gasteiger partial charge in [0.25, 0.3) is 0 Å². The predicted molar refractivity (Wildman–Crippen MR) is 102 cm³/mol. The van der Waals surface area contributed by atoms with Crippen LogP contribution in [-0.2, 0) is 25.5 Å². The first-order valence-corrected chi connectivity index (χ1v) is 8.58. The third kappa shape index (κ3) is 8.70. The molecule has 0 saturated heterocycles. The van der Waals surface area contributed by atoms with Gasteiger partial charge in [-0.25, -0.2) is 4.79 Å². The third-order valence-corrected chi connectivity index (χ3v) is 3.72. The number of esters is 1. The van der Waals surface area contributed by atoms with E-state index in [4.69, 9.17) is 16.2 Å². The van der Waals surface area contributed by atoms with Crippen molar-refractivity contribution in [3.8, 4) is 0 Å². The minimum absolute atomic E-state index is 0.0396. The fourth-order valence-electron chi connectivity index (χ4n) is 2.47. The molecule has 0 bridgehead atoms.